The maximum Gasteiger partial charge on any atom is 0.326 e. The molecule has 13 heteroatoms. The predicted octanol–water partition coefficient (Wildman–Crippen LogP) is -3.53. The van der Waals surface area contributed by atoms with Crippen LogP contribution < -0.4 is 27.4 Å². The topological polar surface area (TPSA) is 234 Å². The molecular formula is C16H29N5O8. The van der Waals surface area contributed by atoms with Gasteiger partial charge in [0.25, 0.3) is 0 Å². The summed E-state index contributed by atoms with van der Waals surface area (Å²) in [7, 11) is 0. The highest BCUT2D eigenvalue weighted by Gasteiger charge is 2.28. The van der Waals surface area contributed by atoms with Crippen LogP contribution in [-0.4, -0.2) is 82.3 Å². The minimum atomic E-state index is -1.47. The first-order chi connectivity index (χ1) is 13.5. The summed E-state index contributed by atoms with van der Waals surface area (Å²) in [6.07, 6.45) is 0.568. The lowest BCUT2D eigenvalue weighted by Gasteiger charge is -2.22. The van der Waals surface area contributed by atoms with Crippen molar-refractivity contribution in [1.82, 2.24) is 16.0 Å². The second-order valence-corrected chi connectivity index (χ2v) is 6.36. The van der Waals surface area contributed by atoms with Crippen molar-refractivity contribution in [2.45, 2.75) is 56.8 Å². The van der Waals surface area contributed by atoms with Gasteiger partial charge in [-0.25, -0.2) is 4.79 Å². The maximum atomic E-state index is 12.1. The fraction of sp³-hybridized carbons (Fsp3) is 0.688. The predicted molar refractivity (Wildman–Crippen MR) is 99.3 cm³/mol. The summed E-state index contributed by atoms with van der Waals surface area (Å²) in [4.78, 5) is 57.8. The Morgan fingerprint density at radius 3 is 1.97 bits per heavy atom. The quantitative estimate of drug-likeness (QED) is 0.129. The molecule has 3 amide bonds. The van der Waals surface area contributed by atoms with E-state index in [0.29, 0.717) is 19.4 Å². The summed E-state index contributed by atoms with van der Waals surface area (Å²) in [5.74, 6) is -5.22. The molecule has 0 aromatic rings. The molecule has 0 aliphatic rings. The highest BCUT2D eigenvalue weighted by molar-refractivity contribution is 5.94. The van der Waals surface area contributed by atoms with E-state index >= 15 is 0 Å². The number of hydrogen-bond donors (Lipinski definition) is 8. The summed E-state index contributed by atoms with van der Waals surface area (Å²) in [5, 5.41) is 33.6. The van der Waals surface area contributed by atoms with E-state index in [9.17, 15) is 29.1 Å². The highest BCUT2D eigenvalue weighted by atomic mass is 16.4. The summed E-state index contributed by atoms with van der Waals surface area (Å²) in [5.41, 5.74) is 10.7. The van der Waals surface area contributed by atoms with Crippen LogP contribution in [0, 0.1) is 0 Å². The molecule has 0 saturated heterocycles. The normalized spacial score (nSPS) is 14.8. The molecule has 0 aliphatic carbocycles. The van der Waals surface area contributed by atoms with Crippen LogP contribution in [0.25, 0.3) is 0 Å². The van der Waals surface area contributed by atoms with Gasteiger partial charge in [0.1, 0.15) is 18.1 Å². The van der Waals surface area contributed by atoms with Crippen LogP contribution in [0.1, 0.15) is 32.6 Å². The van der Waals surface area contributed by atoms with E-state index in [1.165, 1.54) is 6.92 Å². The van der Waals surface area contributed by atoms with E-state index in [2.05, 4.69) is 16.0 Å². The Hall–Kier alpha value is -2.77. The van der Waals surface area contributed by atoms with Crippen molar-refractivity contribution in [3.8, 4) is 0 Å². The molecule has 0 saturated carbocycles. The maximum absolute atomic E-state index is 12.1. The van der Waals surface area contributed by atoms with Gasteiger partial charge in [0.05, 0.1) is 19.1 Å². The summed E-state index contributed by atoms with van der Waals surface area (Å²) in [6, 6.07) is -5.23. The van der Waals surface area contributed by atoms with Crippen LogP contribution in [0.5, 0.6) is 0 Å². The molecule has 4 atom stereocenters. The van der Waals surface area contributed by atoms with E-state index in [-0.39, 0.29) is 6.42 Å². The first kappa shape index (κ1) is 26.2. The van der Waals surface area contributed by atoms with Gasteiger partial charge in [0.15, 0.2) is 0 Å². The smallest absolute Gasteiger partial charge is 0.326 e. The monoisotopic (exact) mass is 419 g/mol. The zero-order chi connectivity index (χ0) is 22.6. The number of rotatable bonds is 14. The largest absolute Gasteiger partial charge is 0.481 e. The van der Waals surface area contributed by atoms with Gasteiger partial charge >= 0.3 is 11.9 Å². The van der Waals surface area contributed by atoms with Crippen LogP contribution in [0.3, 0.4) is 0 Å². The van der Waals surface area contributed by atoms with Gasteiger partial charge in [0.2, 0.25) is 17.7 Å². The number of hydrogen-bond acceptors (Lipinski definition) is 8. The van der Waals surface area contributed by atoms with Crippen LogP contribution in [0.4, 0.5) is 0 Å². The number of carboxylic acid groups (broad SMARTS) is 2. The first-order valence-electron chi connectivity index (χ1n) is 8.95. The molecule has 0 aliphatic heterocycles. The van der Waals surface area contributed by atoms with Gasteiger partial charge in [-0.3, -0.25) is 19.2 Å². The van der Waals surface area contributed by atoms with Gasteiger partial charge in [0, 0.05) is 0 Å². The number of nitrogens with one attached hydrogen (secondary N) is 3. The van der Waals surface area contributed by atoms with Crippen LogP contribution in [-0.2, 0) is 24.0 Å². The number of carboxylic acids is 2. The lowest BCUT2D eigenvalue weighted by Crippen LogP contribution is -2.57. The zero-order valence-corrected chi connectivity index (χ0v) is 16.1. The van der Waals surface area contributed by atoms with Gasteiger partial charge in [-0.1, -0.05) is 0 Å². The molecule has 0 radical (unpaired) electrons. The van der Waals surface area contributed by atoms with Crippen molar-refractivity contribution >= 4 is 29.7 Å². The summed E-state index contributed by atoms with van der Waals surface area (Å²) in [6.45, 7) is 0.845. The van der Waals surface area contributed by atoms with E-state index in [1.54, 1.807) is 0 Å². The molecule has 10 N–H and O–H groups in total. The molecule has 0 heterocycles. The Bertz CT molecular complexity index is 600. The van der Waals surface area contributed by atoms with Gasteiger partial charge in [-0.05, 0) is 32.7 Å². The van der Waals surface area contributed by atoms with Gasteiger partial charge in [-0.2, -0.15) is 0 Å². The number of carbonyl (C=O) groups excluding carboxylic acids is 3. The SMILES string of the molecule is CC(NC(=O)C(CO)NC(=O)C(N)CC(=O)O)C(=O)NC(CCCCN)C(=O)O. The summed E-state index contributed by atoms with van der Waals surface area (Å²) >= 11 is 0. The molecule has 4 unspecified atom stereocenters. The van der Waals surface area contributed by atoms with E-state index < -0.39 is 66.9 Å². The molecule has 0 aromatic heterocycles. The molecule has 0 aromatic carbocycles. The third-order valence-corrected chi connectivity index (χ3v) is 3.86. The fourth-order valence-electron chi connectivity index (χ4n) is 2.18. The number of unbranched alkanes of at least 4 members (excludes halogenated alkanes) is 1. The third-order valence-electron chi connectivity index (χ3n) is 3.86. The van der Waals surface area contributed by atoms with Gasteiger partial charge in [-0.15, -0.1) is 0 Å². The molecule has 0 bridgehead atoms. The number of carbonyl (C=O) groups is 5. The summed E-state index contributed by atoms with van der Waals surface area (Å²) < 4.78 is 0. The van der Waals surface area contributed by atoms with E-state index in [1.807, 2.05) is 0 Å². The minimum absolute atomic E-state index is 0.162. The first-order valence-corrected chi connectivity index (χ1v) is 8.95. The number of aliphatic hydroxyl groups is 1. The number of amides is 3. The Labute approximate surface area is 167 Å². The Balaban J connectivity index is 4.76. The fourth-order valence-corrected chi connectivity index (χ4v) is 2.18. The standard InChI is InChI=1S/C16H29N5O8/c1-8(13(25)20-10(16(28)29)4-2-3-5-17)19-15(27)11(7-22)21-14(26)9(18)6-12(23)24/h8-11,22H,2-7,17-18H2,1H3,(H,19,27)(H,20,25)(H,21,26)(H,23,24)(H,28,29). The Morgan fingerprint density at radius 2 is 1.48 bits per heavy atom. The Morgan fingerprint density at radius 1 is 0.897 bits per heavy atom. The molecule has 13 nitrogen and oxygen atoms in total. The van der Waals surface area contributed by atoms with Crippen molar-refractivity contribution in [1.29, 1.82) is 0 Å². The van der Waals surface area contributed by atoms with Crippen molar-refractivity contribution in [2.75, 3.05) is 13.2 Å². The van der Waals surface area contributed by atoms with Crippen LogP contribution >= 0.6 is 0 Å². The number of nitrogens with two attached hydrogens (primary N) is 2. The molecule has 166 valence electrons. The van der Waals surface area contributed by atoms with Crippen LogP contribution in [0.2, 0.25) is 0 Å². The number of aliphatic carboxylic acids is 2. The average Bonchev–Trinajstić information content (AvgIpc) is 2.63. The highest BCUT2D eigenvalue weighted by Crippen LogP contribution is 2.02. The zero-order valence-electron chi connectivity index (χ0n) is 16.1. The van der Waals surface area contributed by atoms with Crippen molar-refractivity contribution in [3.63, 3.8) is 0 Å². The minimum Gasteiger partial charge on any atom is -0.481 e. The molecule has 0 fully saturated rings. The molecule has 0 rings (SSSR count). The second kappa shape index (κ2) is 13.4. The third kappa shape index (κ3) is 10.4. The van der Waals surface area contributed by atoms with Gasteiger partial charge < -0.3 is 42.7 Å². The van der Waals surface area contributed by atoms with E-state index in [0.717, 1.165) is 0 Å². The Kier molecular flexibility index (Phi) is 12.1. The molecule has 0 spiro atoms. The lowest BCUT2D eigenvalue weighted by molar-refractivity contribution is -0.142. The average molecular weight is 419 g/mol. The van der Waals surface area contributed by atoms with Crippen molar-refractivity contribution < 1.29 is 39.3 Å². The second-order valence-electron chi connectivity index (χ2n) is 6.36. The molecular weight excluding hydrogens is 390 g/mol. The lowest BCUT2D eigenvalue weighted by atomic mass is 10.1. The van der Waals surface area contributed by atoms with Crippen LogP contribution in [0.15, 0.2) is 0 Å². The van der Waals surface area contributed by atoms with Crippen molar-refractivity contribution in [3.05, 3.63) is 0 Å². The number of aliphatic hydroxyl groups excluding tert-OH is 1. The van der Waals surface area contributed by atoms with Crippen molar-refractivity contribution in [2.24, 2.45) is 11.5 Å². The molecule has 29 heavy (non-hydrogen) atoms. The van der Waals surface area contributed by atoms with E-state index in [4.69, 9.17) is 21.7 Å².